The first-order chi connectivity index (χ1) is 8.95. The smallest absolute Gasteiger partial charge is 0.300 e. The molecule has 0 fully saturated rings. The minimum absolute atomic E-state index is 0.138. The van der Waals surface area contributed by atoms with E-state index in [1.807, 2.05) is 0 Å². The standard InChI is InChI=1S/C13H13NO4S/c1-2-7-14-11-8-9-5-3-4-6-10(9)12(15)13(11)19(16,17)18/h2-6,8,14-15H,1,7H2,(H,16,17,18). The first-order valence-corrected chi connectivity index (χ1v) is 6.96. The number of hydrogen-bond acceptors (Lipinski definition) is 4. The SMILES string of the molecule is C=CCNc1cc2ccccc2c(O)c1S(=O)(=O)O. The third kappa shape index (κ3) is 2.54. The largest absolute Gasteiger partial charge is 0.506 e. The Labute approximate surface area is 110 Å². The normalized spacial score (nSPS) is 11.4. The van der Waals surface area contributed by atoms with E-state index in [2.05, 4.69) is 11.9 Å². The summed E-state index contributed by atoms with van der Waals surface area (Å²) < 4.78 is 32.1. The van der Waals surface area contributed by atoms with Crippen molar-refractivity contribution in [1.29, 1.82) is 0 Å². The van der Waals surface area contributed by atoms with E-state index in [0.29, 0.717) is 17.3 Å². The maximum absolute atomic E-state index is 11.4. The molecule has 0 atom stereocenters. The number of fused-ring (bicyclic) bond motifs is 1. The first kappa shape index (κ1) is 13.4. The fourth-order valence-corrected chi connectivity index (χ4v) is 2.65. The Morgan fingerprint density at radius 2 is 2.00 bits per heavy atom. The van der Waals surface area contributed by atoms with Crippen molar-refractivity contribution in [3.8, 4) is 5.75 Å². The molecule has 0 saturated heterocycles. The summed E-state index contributed by atoms with van der Waals surface area (Å²) in [5.74, 6) is -0.466. The van der Waals surface area contributed by atoms with Crippen molar-refractivity contribution in [2.75, 3.05) is 11.9 Å². The summed E-state index contributed by atoms with van der Waals surface area (Å²) in [6.45, 7) is 3.82. The lowest BCUT2D eigenvalue weighted by Gasteiger charge is -2.13. The van der Waals surface area contributed by atoms with Gasteiger partial charge in [0.05, 0.1) is 5.69 Å². The summed E-state index contributed by atoms with van der Waals surface area (Å²) in [6.07, 6.45) is 1.54. The van der Waals surface area contributed by atoms with Crippen LogP contribution >= 0.6 is 0 Å². The maximum atomic E-state index is 11.4. The highest BCUT2D eigenvalue weighted by Gasteiger charge is 2.22. The van der Waals surface area contributed by atoms with Gasteiger partial charge in [-0.1, -0.05) is 30.3 Å². The van der Waals surface area contributed by atoms with Gasteiger partial charge in [-0.15, -0.1) is 6.58 Å². The van der Waals surface area contributed by atoms with Crippen LogP contribution in [-0.2, 0) is 10.1 Å². The molecule has 5 nitrogen and oxygen atoms in total. The molecule has 2 rings (SSSR count). The molecule has 0 unspecified atom stereocenters. The molecule has 3 N–H and O–H groups in total. The first-order valence-electron chi connectivity index (χ1n) is 5.52. The predicted octanol–water partition coefficient (Wildman–Crippen LogP) is 2.39. The minimum Gasteiger partial charge on any atom is -0.506 e. The molecular weight excluding hydrogens is 266 g/mol. The molecule has 6 heteroatoms. The van der Waals surface area contributed by atoms with Crippen molar-refractivity contribution in [2.45, 2.75) is 4.90 Å². The Hall–Kier alpha value is -2.05. The van der Waals surface area contributed by atoms with Gasteiger partial charge >= 0.3 is 0 Å². The van der Waals surface area contributed by atoms with Crippen LogP contribution in [0.1, 0.15) is 0 Å². The van der Waals surface area contributed by atoms with E-state index in [1.54, 1.807) is 36.4 Å². The van der Waals surface area contributed by atoms with Crippen molar-refractivity contribution in [2.24, 2.45) is 0 Å². The highest BCUT2D eigenvalue weighted by atomic mass is 32.2. The highest BCUT2D eigenvalue weighted by molar-refractivity contribution is 7.86. The third-order valence-corrected chi connectivity index (χ3v) is 3.60. The van der Waals surface area contributed by atoms with Crippen LogP contribution in [-0.4, -0.2) is 24.6 Å². The van der Waals surface area contributed by atoms with Gasteiger partial charge in [-0.2, -0.15) is 8.42 Å². The van der Waals surface area contributed by atoms with Gasteiger partial charge < -0.3 is 10.4 Å². The number of phenolic OH excluding ortho intramolecular Hbond substituents is 1. The minimum atomic E-state index is -4.53. The van der Waals surface area contributed by atoms with Crippen LogP contribution in [0.15, 0.2) is 47.9 Å². The lowest BCUT2D eigenvalue weighted by molar-refractivity contribution is 0.449. The second kappa shape index (κ2) is 4.91. The molecule has 0 amide bonds. The second-order valence-electron chi connectivity index (χ2n) is 3.97. The summed E-state index contributed by atoms with van der Waals surface area (Å²) >= 11 is 0. The van der Waals surface area contributed by atoms with Gasteiger partial charge in [-0.3, -0.25) is 4.55 Å². The van der Waals surface area contributed by atoms with Gasteiger partial charge in [-0.05, 0) is 11.5 Å². The Balaban J connectivity index is 2.80. The lowest BCUT2D eigenvalue weighted by Crippen LogP contribution is -2.07. The Morgan fingerprint density at radius 3 is 2.63 bits per heavy atom. The van der Waals surface area contributed by atoms with Crippen LogP contribution in [0.25, 0.3) is 10.8 Å². The topological polar surface area (TPSA) is 86.6 Å². The van der Waals surface area contributed by atoms with Crippen molar-refractivity contribution >= 4 is 26.6 Å². The molecule has 0 aromatic heterocycles. The van der Waals surface area contributed by atoms with Gasteiger partial charge in [0.2, 0.25) is 0 Å². The van der Waals surface area contributed by atoms with E-state index in [-0.39, 0.29) is 5.69 Å². The van der Waals surface area contributed by atoms with Gasteiger partial charge in [0.15, 0.2) is 4.90 Å². The fourth-order valence-electron chi connectivity index (χ4n) is 1.88. The van der Waals surface area contributed by atoms with Crippen LogP contribution in [0, 0.1) is 0 Å². The third-order valence-electron chi connectivity index (χ3n) is 2.67. The molecule has 0 spiro atoms. The molecule has 0 aliphatic carbocycles. The van der Waals surface area contributed by atoms with Crippen LogP contribution in [0.4, 0.5) is 5.69 Å². The Bertz CT molecular complexity index is 738. The molecule has 2 aromatic rings. The number of phenols is 1. The Kier molecular flexibility index (Phi) is 3.46. The maximum Gasteiger partial charge on any atom is 0.300 e. The van der Waals surface area contributed by atoms with Gasteiger partial charge in [-0.25, -0.2) is 0 Å². The zero-order valence-electron chi connectivity index (χ0n) is 10.00. The molecule has 100 valence electrons. The summed E-state index contributed by atoms with van der Waals surface area (Å²) in [5, 5.41) is 13.9. The summed E-state index contributed by atoms with van der Waals surface area (Å²) in [7, 11) is -4.53. The van der Waals surface area contributed by atoms with Crippen LogP contribution < -0.4 is 5.32 Å². The average Bonchev–Trinajstić information content (AvgIpc) is 2.34. The van der Waals surface area contributed by atoms with Gasteiger partial charge in [0, 0.05) is 11.9 Å². The van der Waals surface area contributed by atoms with Gasteiger partial charge in [0.1, 0.15) is 5.75 Å². The highest BCUT2D eigenvalue weighted by Crippen LogP contribution is 2.37. The molecule has 2 aromatic carbocycles. The fraction of sp³-hybridized carbons (Fsp3) is 0.0769. The molecule has 19 heavy (non-hydrogen) atoms. The Morgan fingerprint density at radius 1 is 1.32 bits per heavy atom. The number of aromatic hydroxyl groups is 1. The van der Waals surface area contributed by atoms with Crippen molar-refractivity contribution in [3.05, 3.63) is 43.0 Å². The molecular formula is C13H13NO4S. The quantitative estimate of drug-likeness (QED) is 0.591. The zero-order valence-corrected chi connectivity index (χ0v) is 10.8. The summed E-state index contributed by atoms with van der Waals surface area (Å²) in [6, 6.07) is 8.32. The van der Waals surface area contributed by atoms with E-state index < -0.39 is 20.8 Å². The molecule has 0 heterocycles. The predicted molar refractivity (Wildman–Crippen MR) is 74.1 cm³/mol. The number of benzene rings is 2. The van der Waals surface area contributed by atoms with Crippen LogP contribution in [0.2, 0.25) is 0 Å². The molecule has 0 aliphatic heterocycles. The van der Waals surface area contributed by atoms with Crippen LogP contribution in [0.3, 0.4) is 0 Å². The number of nitrogens with one attached hydrogen (secondary N) is 1. The monoisotopic (exact) mass is 279 g/mol. The van der Waals surface area contributed by atoms with E-state index in [4.69, 9.17) is 0 Å². The average molecular weight is 279 g/mol. The second-order valence-corrected chi connectivity index (χ2v) is 5.33. The molecule has 0 aliphatic rings. The summed E-state index contributed by atoms with van der Waals surface area (Å²) in [4.78, 5) is -0.520. The van der Waals surface area contributed by atoms with E-state index in [1.165, 1.54) is 0 Å². The molecule has 0 saturated carbocycles. The number of anilines is 1. The summed E-state index contributed by atoms with van der Waals surface area (Å²) in [5.41, 5.74) is 0.138. The van der Waals surface area contributed by atoms with Gasteiger partial charge in [0.25, 0.3) is 10.1 Å². The molecule has 0 radical (unpaired) electrons. The number of hydrogen-bond donors (Lipinski definition) is 3. The molecule has 0 bridgehead atoms. The van der Waals surface area contributed by atoms with Crippen molar-refractivity contribution in [3.63, 3.8) is 0 Å². The lowest BCUT2D eigenvalue weighted by atomic mass is 10.1. The van der Waals surface area contributed by atoms with Crippen molar-refractivity contribution < 1.29 is 18.1 Å². The van der Waals surface area contributed by atoms with Crippen molar-refractivity contribution in [1.82, 2.24) is 0 Å². The van der Waals surface area contributed by atoms with E-state index >= 15 is 0 Å². The number of rotatable bonds is 4. The van der Waals surface area contributed by atoms with Crippen LogP contribution in [0.5, 0.6) is 5.75 Å². The van der Waals surface area contributed by atoms with E-state index in [9.17, 15) is 18.1 Å². The zero-order chi connectivity index (χ0) is 14.0. The van der Waals surface area contributed by atoms with E-state index in [0.717, 1.165) is 0 Å².